The monoisotopic (exact) mass is 233 g/mol. The Labute approximate surface area is 97.1 Å². The third-order valence-corrected chi connectivity index (χ3v) is 2.79. The lowest BCUT2D eigenvalue weighted by Gasteiger charge is -2.18. The van der Waals surface area contributed by atoms with Gasteiger partial charge in [-0.2, -0.15) is 5.26 Å². The second-order valence-corrected chi connectivity index (χ2v) is 3.88. The largest absolute Gasteiger partial charge is 0.478 e. The molecular weight excluding hydrogens is 222 g/mol. The van der Waals surface area contributed by atoms with Crippen molar-refractivity contribution in [2.45, 2.75) is 12.8 Å². The number of carboxylic acids is 1. The third kappa shape index (κ3) is 1.99. The molecule has 6 heteroatoms. The lowest BCUT2D eigenvalue weighted by atomic mass is 10.1. The van der Waals surface area contributed by atoms with Crippen LogP contribution in [0.1, 0.15) is 28.8 Å². The Morgan fingerprint density at radius 1 is 1.47 bits per heavy atom. The van der Waals surface area contributed by atoms with Crippen LogP contribution >= 0.6 is 0 Å². The van der Waals surface area contributed by atoms with E-state index >= 15 is 0 Å². The van der Waals surface area contributed by atoms with Crippen molar-refractivity contribution < 1.29 is 9.90 Å². The normalized spacial score (nSPS) is 14.6. The van der Waals surface area contributed by atoms with E-state index in [4.69, 9.17) is 10.4 Å². The van der Waals surface area contributed by atoms with Crippen LogP contribution in [0.5, 0.6) is 0 Å². The Bertz CT molecular complexity index is 550. The zero-order chi connectivity index (χ0) is 12.4. The second kappa shape index (κ2) is 4.29. The lowest BCUT2D eigenvalue weighted by molar-refractivity contribution is 0.0696. The van der Waals surface area contributed by atoms with Gasteiger partial charge in [-0.3, -0.25) is 4.79 Å². The molecule has 0 saturated carbocycles. The van der Waals surface area contributed by atoms with Crippen LogP contribution in [0.2, 0.25) is 0 Å². The van der Waals surface area contributed by atoms with Gasteiger partial charge < -0.3 is 15.0 Å². The van der Waals surface area contributed by atoms with Gasteiger partial charge in [-0.1, -0.05) is 0 Å². The summed E-state index contributed by atoms with van der Waals surface area (Å²) in [6.07, 6.45) is 1.95. The van der Waals surface area contributed by atoms with Crippen LogP contribution in [0, 0.1) is 11.3 Å². The van der Waals surface area contributed by atoms with Crippen molar-refractivity contribution in [2.24, 2.45) is 0 Å². The van der Waals surface area contributed by atoms with Crippen LogP contribution in [0.15, 0.2) is 10.9 Å². The van der Waals surface area contributed by atoms with Gasteiger partial charge in [-0.15, -0.1) is 0 Å². The second-order valence-electron chi connectivity index (χ2n) is 3.88. The number of aromatic carboxylic acids is 1. The van der Waals surface area contributed by atoms with Crippen LogP contribution in [0.25, 0.3) is 0 Å². The van der Waals surface area contributed by atoms with Crippen molar-refractivity contribution in [1.29, 1.82) is 5.26 Å². The average Bonchev–Trinajstić information content (AvgIpc) is 2.81. The van der Waals surface area contributed by atoms with Crippen LogP contribution in [-0.2, 0) is 0 Å². The van der Waals surface area contributed by atoms with Crippen molar-refractivity contribution in [3.63, 3.8) is 0 Å². The van der Waals surface area contributed by atoms with Crippen LogP contribution < -0.4 is 10.5 Å². The summed E-state index contributed by atoms with van der Waals surface area (Å²) < 4.78 is 0. The minimum atomic E-state index is -1.26. The fraction of sp³-hybridized carbons (Fsp3) is 0.364. The molecule has 0 aliphatic carbocycles. The number of nitrogens with one attached hydrogen (secondary N) is 1. The minimum Gasteiger partial charge on any atom is -0.478 e. The minimum absolute atomic E-state index is 0.0269. The molecule has 0 radical (unpaired) electrons. The maximum absolute atomic E-state index is 11.4. The van der Waals surface area contributed by atoms with Crippen LogP contribution in [0.4, 0.5) is 5.82 Å². The van der Waals surface area contributed by atoms with Gasteiger partial charge >= 0.3 is 5.97 Å². The van der Waals surface area contributed by atoms with Gasteiger partial charge in [-0.05, 0) is 12.8 Å². The molecule has 1 aliphatic heterocycles. The number of pyridine rings is 1. The molecule has 88 valence electrons. The number of H-pyrrole nitrogens is 1. The third-order valence-electron chi connectivity index (χ3n) is 2.79. The van der Waals surface area contributed by atoms with Gasteiger partial charge in [0.1, 0.15) is 17.5 Å². The predicted molar refractivity (Wildman–Crippen MR) is 60.2 cm³/mol. The molecule has 6 nitrogen and oxygen atoms in total. The van der Waals surface area contributed by atoms with Gasteiger partial charge in [0.05, 0.1) is 5.56 Å². The molecule has 1 aromatic heterocycles. The molecule has 0 unspecified atom stereocenters. The Morgan fingerprint density at radius 2 is 2.12 bits per heavy atom. The lowest BCUT2D eigenvalue weighted by Crippen LogP contribution is -2.25. The summed E-state index contributed by atoms with van der Waals surface area (Å²) in [5.74, 6) is -0.928. The number of nitrogens with zero attached hydrogens (tertiary/aromatic N) is 2. The molecule has 1 aromatic rings. The highest BCUT2D eigenvalue weighted by atomic mass is 16.4. The molecule has 17 heavy (non-hydrogen) atoms. The maximum atomic E-state index is 11.4. The summed E-state index contributed by atoms with van der Waals surface area (Å²) in [6.45, 7) is 1.46. The maximum Gasteiger partial charge on any atom is 0.337 e. The summed E-state index contributed by atoms with van der Waals surface area (Å²) in [4.78, 5) is 26.8. The zero-order valence-electron chi connectivity index (χ0n) is 9.06. The zero-order valence-corrected chi connectivity index (χ0v) is 9.06. The molecule has 2 heterocycles. The van der Waals surface area contributed by atoms with E-state index in [1.54, 1.807) is 0 Å². The molecular formula is C11H11N3O3. The number of hydrogen-bond donors (Lipinski definition) is 2. The summed E-state index contributed by atoms with van der Waals surface area (Å²) in [6, 6.07) is 2.80. The first-order chi connectivity index (χ1) is 8.13. The first kappa shape index (κ1) is 11.2. The van der Waals surface area contributed by atoms with Gasteiger partial charge in [0.2, 0.25) is 5.56 Å². The topological polar surface area (TPSA) is 97.2 Å². The summed E-state index contributed by atoms with van der Waals surface area (Å²) in [5.41, 5.74) is -0.708. The predicted octanol–water partition coefficient (Wildman–Crippen LogP) is 0.545. The van der Waals surface area contributed by atoms with E-state index in [2.05, 4.69) is 4.98 Å². The number of aromatic nitrogens is 1. The number of nitriles is 1. The van der Waals surface area contributed by atoms with E-state index in [0.29, 0.717) is 5.82 Å². The number of hydrogen-bond acceptors (Lipinski definition) is 4. The quantitative estimate of drug-likeness (QED) is 0.777. The van der Waals surface area contributed by atoms with Crippen molar-refractivity contribution >= 4 is 11.8 Å². The van der Waals surface area contributed by atoms with Crippen LogP contribution in [-0.4, -0.2) is 29.1 Å². The van der Waals surface area contributed by atoms with Crippen molar-refractivity contribution in [3.8, 4) is 6.07 Å². The molecule has 0 spiro atoms. The number of anilines is 1. The molecule has 1 fully saturated rings. The fourth-order valence-electron chi connectivity index (χ4n) is 2.01. The van der Waals surface area contributed by atoms with E-state index < -0.39 is 11.5 Å². The average molecular weight is 233 g/mol. The van der Waals surface area contributed by atoms with Gasteiger partial charge in [0.15, 0.2) is 0 Å². The Kier molecular flexibility index (Phi) is 2.83. The van der Waals surface area contributed by atoms with E-state index in [0.717, 1.165) is 32.0 Å². The van der Waals surface area contributed by atoms with E-state index in [1.165, 1.54) is 0 Å². The molecule has 1 saturated heterocycles. The molecule has 0 atom stereocenters. The first-order valence-corrected chi connectivity index (χ1v) is 5.29. The molecule has 2 N–H and O–H groups in total. The molecule has 2 rings (SSSR count). The molecule has 0 bridgehead atoms. The first-order valence-electron chi connectivity index (χ1n) is 5.29. The van der Waals surface area contributed by atoms with Crippen molar-refractivity contribution in [1.82, 2.24) is 4.98 Å². The standard InChI is InChI=1S/C11H11N3O3/c12-6-8-7(11(16)17)5-9(15)13-10(8)14-3-1-2-4-14/h5H,1-4H2,(H,13,15)(H,16,17). The summed E-state index contributed by atoms with van der Waals surface area (Å²) in [5, 5.41) is 18.0. The Hall–Kier alpha value is -2.29. The highest BCUT2D eigenvalue weighted by Gasteiger charge is 2.22. The van der Waals surface area contributed by atoms with Gasteiger partial charge in [-0.25, -0.2) is 4.79 Å². The fourth-order valence-corrected chi connectivity index (χ4v) is 2.01. The number of carbonyl (C=O) groups is 1. The van der Waals surface area contributed by atoms with Crippen LogP contribution in [0.3, 0.4) is 0 Å². The van der Waals surface area contributed by atoms with E-state index in [-0.39, 0.29) is 11.1 Å². The van der Waals surface area contributed by atoms with E-state index in [9.17, 15) is 9.59 Å². The smallest absolute Gasteiger partial charge is 0.337 e. The number of carboxylic acid groups (broad SMARTS) is 1. The van der Waals surface area contributed by atoms with Crippen molar-refractivity contribution in [2.75, 3.05) is 18.0 Å². The molecule has 1 aliphatic rings. The Morgan fingerprint density at radius 3 is 2.65 bits per heavy atom. The SMILES string of the molecule is N#Cc1c(C(=O)O)cc(=O)[nH]c1N1CCCC1. The van der Waals surface area contributed by atoms with E-state index in [1.807, 2.05) is 11.0 Å². The highest BCUT2D eigenvalue weighted by Crippen LogP contribution is 2.22. The molecule has 0 aromatic carbocycles. The van der Waals surface area contributed by atoms with Gasteiger partial charge in [0, 0.05) is 19.2 Å². The van der Waals surface area contributed by atoms with Gasteiger partial charge in [0.25, 0.3) is 0 Å². The number of rotatable bonds is 2. The summed E-state index contributed by atoms with van der Waals surface area (Å²) in [7, 11) is 0. The summed E-state index contributed by atoms with van der Waals surface area (Å²) >= 11 is 0. The Balaban J connectivity index is 2.61. The van der Waals surface area contributed by atoms with Crippen molar-refractivity contribution in [3.05, 3.63) is 27.5 Å². The molecule has 0 amide bonds. The number of aromatic amines is 1. The highest BCUT2D eigenvalue weighted by molar-refractivity contribution is 5.92.